The number of aromatic nitrogens is 2. The van der Waals surface area contributed by atoms with Crippen molar-refractivity contribution in [2.45, 2.75) is 58.5 Å². The van der Waals surface area contributed by atoms with E-state index in [-0.39, 0.29) is 11.8 Å². The molecule has 1 aromatic carbocycles. The molecular weight excluding hydrogens is 408 g/mol. The molecule has 1 unspecified atom stereocenters. The number of hydrogen-bond acceptors (Lipinski definition) is 6. The Kier molecular flexibility index (Phi) is 6.39. The van der Waals surface area contributed by atoms with E-state index in [1.807, 2.05) is 45.0 Å². The molecule has 0 aliphatic carbocycles. The summed E-state index contributed by atoms with van der Waals surface area (Å²) in [6.07, 6.45) is 3.49. The minimum Gasteiger partial charge on any atom is -0.443 e. The summed E-state index contributed by atoms with van der Waals surface area (Å²) in [4.78, 5) is 31.9. The molecule has 8 heteroatoms. The average molecular weight is 437 g/mol. The third-order valence-corrected chi connectivity index (χ3v) is 5.96. The molecule has 32 heavy (non-hydrogen) atoms. The zero-order chi connectivity index (χ0) is 22.7. The Balaban J connectivity index is 1.38. The molecule has 4 rings (SSSR count). The maximum atomic E-state index is 13.2. The van der Waals surface area contributed by atoms with Gasteiger partial charge in [-0.15, -0.1) is 0 Å². The van der Waals surface area contributed by atoms with Gasteiger partial charge in [0, 0.05) is 24.7 Å². The third-order valence-electron chi connectivity index (χ3n) is 5.96. The fourth-order valence-corrected chi connectivity index (χ4v) is 4.21. The Morgan fingerprint density at radius 3 is 2.66 bits per heavy atom. The van der Waals surface area contributed by atoms with Crippen molar-refractivity contribution in [1.82, 2.24) is 20.4 Å². The number of rotatable bonds is 7. The number of benzene rings is 1. The van der Waals surface area contributed by atoms with Crippen LogP contribution >= 0.6 is 0 Å². The van der Waals surface area contributed by atoms with Crippen LogP contribution in [0.4, 0.5) is 0 Å². The van der Waals surface area contributed by atoms with Gasteiger partial charge in [-0.3, -0.25) is 9.59 Å². The van der Waals surface area contributed by atoms with Crippen LogP contribution in [0.5, 0.6) is 0 Å². The summed E-state index contributed by atoms with van der Waals surface area (Å²) in [5, 5.41) is 6.89. The highest BCUT2D eigenvalue weighted by atomic mass is 16.5. The van der Waals surface area contributed by atoms with Crippen LogP contribution in [-0.4, -0.2) is 39.4 Å². The predicted molar refractivity (Wildman–Crippen MR) is 118 cm³/mol. The van der Waals surface area contributed by atoms with Gasteiger partial charge in [0.15, 0.2) is 12.2 Å². The summed E-state index contributed by atoms with van der Waals surface area (Å²) in [7, 11) is 0. The van der Waals surface area contributed by atoms with Gasteiger partial charge in [0.1, 0.15) is 11.8 Å². The normalized spacial score (nSPS) is 16.8. The summed E-state index contributed by atoms with van der Waals surface area (Å²) in [6, 6.07) is 9.14. The number of likely N-dealkylation sites (tertiary alicyclic amines) is 1. The standard InChI is InChI=1S/C24H28N4O4/c1-4-19(21-12-15(2)27-32-21)24(30)28-11-5-6-20(28)23(29)25-13-17-7-9-18(10-8-17)22-16(3)26-14-31-22/h7-10,12,14,19-20H,4-6,11,13H2,1-3H3,(H,25,29)/t19-,20?/m1/s1. The van der Waals surface area contributed by atoms with E-state index in [0.717, 1.165) is 34.7 Å². The molecule has 0 saturated carbocycles. The highest BCUT2D eigenvalue weighted by molar-refractivity contribution is 5.90. The minimum absolute atomic E-state index is 0.0759. The minimum atomic E-state index is -0.461. The van der Waals surface area contributed by atoms with Crippen molar-refractivity contribution < 1.29 is 18.5 Å². The Hall–Kier alpha value is -3.42. The van der Waals surface area contributed by atoms with Gasteiger partial charge in [-0.25, -0.2) is 4.98 Å². The molecule has 1 fully saturated rings. The van der Waals surface area contributed by atoms with Gasteiger partial charge in [-0.05, 0) is 38.7 Å². The van der Waals surface area contributed by atoms with Crippen LogP contribution in [0.25, 0.3) is 11.3 Å². The monoisotopic (exact) mass is 436 g/mol. The lowest BCUT2D eigenvalue weighted by Gasteiger charge is -2.27. The van der Waals surface area contributed by atoms with Crippen LogP contribution in [0, 0.1) is 13.8 Å². The first kappa shape index (κ1) is 21.8. The van der Waals surface area contributed by atoms with Crippen LogP contribution < -0.4 is 5.32 Å². The number of amides is 2. The van der Waals surface area contributed by atoms with Gasteiger partial charge < -0.3 is 19.2 Å². The molecule has 1 saturated heterocycles. The van der Waals surface area contributed by atoms with Gasteiger partial charge >= 0.3 is 0 Å². The molecule has 2 amide bonds. The van der Waals surface area contributed by atoms with Crippen LogP contribution in [0.1, 0.15) is 54.8 Å². The van der Waals surface area contributed by atoms with Gasteiger partial charge in [0.05, 0.1) is 17.3 Å². The largest absolute Gasteiger partial charge is 0.443 e. The van der Waals surface area contributed by atoms with Crippen LogP contribution in [0.2, 0.25) is 0 Å². The first-order chi connectivity index (χ1) is 15.5. The number of carbonyl (C=O) groups is 2. The first-order valence-electron chi connectivity index (χ1n) is 11.0. The quantitative estimate of drug-likeness (QED) is 0.605. The second kappa shape index (κ2) is 9.38. The SMILES string of the molecule is CC[C@@H](C(=O)N1CCCC1C(=O)NCc1ccc(-c2ocnc2C)cc1)c1cc(C)no1. The lowest BCUT2D eigenvalue weighted by Crippen LogP contribution is -2.47. The molecule has 0 bridgehead atoms. The summed E-state index contributed by atoms with van der Waals surface area (Å²) in [5.41, 5.74) is 3.49. The Bertz CT molecular complexity index is 1090. The Morgan fingerprint density at radius 1 is 1.25 bits per heavy atom. The zero-order valence-electron chi connectivity index (χ0n) is 18.6. The first-order valence-corrected chi connectivity index (χ1v) is 11.0. The molecule has 2 atom stereocenters. The van der Waals surface area contributed by atoms with Crippen LogP contribution in [0.15, 0.2) is 45.7 Å². The summed E-state index contributed by atoms with van der Waals surface area (Å²) in [5.74, 6) is 0.677. The van der Waals surface area contributed by atoms with Crippen molar-refractivity contribution >= 4 is 11.8 Å². The second-order valence-electron chi connectivity index (χ2n) is 8.20. The van der Waals surface area contributed by atoms with Crippen molar-refractivity contribution in [3.8, 4) is 11.3 Å². The Morgan fingerprint density at radius 2 is 2.03 bits per heavy atom. The lowest BCUT2D eigenvalue weighted by atomic mass is 10.0. The lowest BCUT2D eigenvalue weighted by molar-refractivity contribution is -0.140. The van der Waals surface area contributed by atoms with E-state index in [4.69, 9.17) is 8.94 Å². The molecule has 1 aliphatic rings. The van der Waals surface area contributed by atoms with E-state index in [9.17, 15) is 9.59 Å². The van der Waals surface area contributed by atoms with Crippen LogP contribution in [0.3, 0.4) is 0 Å². The zero-order valence-corrected chi connectivity index (χ0v) is 18.6. The van der Waals surface area contributed by atoms with Crippen molar-refractivity contribution in [2.75, 3.05) is 6.54 Å². The molecule has 3 aromatic rings. The van der Waals surface area contributed by atoms with Crippen molar-refractivity contribution in [2.24, 2.45) is 0 Å². The highest BCUT2D eigenvalue weighted by Crippen LogP contribution is 2.28. The number of nitrogens with one attached hydrogen (secondary N) is 1. The van der Waals surface area contributed by atoms with E-state index in [1.54, 1.807) is 11.0 Å². The number of aryl methyl sites for hydroxylation is 2. The number of hydrogen-bond donors (Lipinski definition) is 1. The Labute approximate surface area is 187 Å². The van der Waals surface area contributed by atoms with E-state index in [1.165, 1.54) is 6.39 Å². The molecule has 0 radical (unpaired) electrons. The van der Waals surface area contributed by atoms with E-state index < -0.39 is 12.0 Å². The molecule has 1 N–H and O–H groups in total. The van der Waals surface area contributed by atoms with Crippen molar-refractivity contribution in [3.05, 3.63) is 59.4 Å². The fourth-order valence-electron chi connectivity index (χ4n) is 4.21. The van der Waals surface area contributed by atoms with Gasteiger partial charge in [0.25, 0.3) is 0 Å². The maximum Gasteiger partial charge on any atom is 0.243 e. The molecular formula is C24H28N4O4. The van der Waals surface area contributed by atoms with Gasteiger partial charge in [-0.2, -0.15) is 0 Å². The third kappa shape index (κ3) is 4.44. The van der Waals surface area contributed by atoms with Gasteiger partial charge in [0.2, 0.25) is 11.8 Å². The van der Waals surface area contributed by atoms with Crippen molar-refractivity contribution in [1.29, 1.82) is 0 Å². The molecule has 1 aliphatic heterocycles. The van der Waals surface area contributed by atoms with Gasteiger partial charge in [-0.1, -0.05) is 36.3 Å². The summed E-state index contributed by atoms with van der Waals surface area (Å²) in [6.45, 7) is 6.64. The molecule has 8 nitrogen and oxygen atoms in total. The van der Waals surface area contributed by atoms with E-state index in [2.05, 4.69) is 15.5 Å². The fraction of sp³-hybridized carbons (Fsp3) is 0.417. The van der Waals surface area contributed by atoms with E-state index in [0.29, 0.717) is 31.7 Å². The summed E-state index contributed by atoms with van der Waals surface area (Å²) >= 11 is 0. The predicted octanol–water partition coefficient (Wildman–Crippen LogP) is 3.75. The summed E-state index contributed by atoms with van der Waals surface area (Å²) < 4.78 is 10.8. The van der Waals surface area contributed by atoms with E-state index >= 15 is 0 Å². The topological polar surface area (TPSA) is 101 Å². The highest BCUT2D eigenvalue weighted by Gasteiger charge is 2.38. The molecule has 2 aromatic heterocycles. The maximum absolute atomic E-state index is 13.2. The van der Waals surface area contributed by atoms with Crippen LogP contribution in [-0.2, 0) is 16.1 Å². The van der Waals surface area contributed by atoms with Crippen molar-refractivity contribution in [3.63, 3.8) is 0 Å². The smallest absolute Gasteiger partial charge is 0.243 e. The molecule has 3 heterocycles. The molecule has 168 valence electrons. The molecule has 0 spiro atoms. The average Bonchev–Trinajstić information content (AvgIpc) is 3.54. The number of nitrogens with zero attached hydrogens (tertiary/aromatic N) is 3. The second-order valence-corrected chi connectivity index (χ2v) is 8.20. The number of oxazole rings is 1. The number of carbonyl (C=O) groups excluding carboxylic acids is 2.